The lowest BCUT2D eigenvalue weighted by Gasteiger charge is -2.24. The lowest BCUT2D eigenvalue weighted by atomic mass is 10.1. The number of alkyl halides is 1. The zero-order valence-electron chi connectivity index (χ0n) is 23.8. The zero-order valence-corrected chi connectivity index (χ0v) is 24.6. The number of carbonyl (C=O) groups is 3. The van der Waals surface area contributed by atoms with Gasteiger partial charge < -0.3 is 16.0 Å². The minimum atomic E-state index is -1.49. The first-order chi connectivity index (χ1) is 22.2. The Morgan fingerprint density at radius 2 is 1.80 bits per heavy atom. The number of rotatable bonds is 6. The largest absolute Gasteiger partial charge is 0.364 e. The summed E-state index contributed by atoms with van der Waals surface area (Å²) in [6, 6.07) is 12.8. The SMILES string of the molecule is NC(=O)c1nn(CC(=O)N2C[C@H](F)C[C@H]2C(=O)Nc2cccc(-c3ncccc3Cl)c2F)c2ccc(C#Cc3ncccn3)cc12. The van der Waals surface area contributed by atoms with Crippen LogP contribution in [-0.2, 0) is 16.1 Å². The smallest absolute Gasteiger partial charge is 0.269 e. The fraction of sp³-hybridized carbons (Fsp3) is 0.156. The maximum Gasteiger partial charge on any atom is 0.269 e. The van der Waals surface area contributed by atoms with Crippen molar-refractivity contribution in [1.29, 1.82) is 0 Å². The van der Waals surface area contributed by atoms with Crippen LogP contribution in [0.5, 0.6) is 0 Å². The number of pyridine rings is 1. The van der Waals surface area contributed by atoms with Crippen LogP contribution in [0.3, 0.4) is 0 Å². The summed E-state index contributed by atoms with van der Waals surface area (Å²) in [6.45, 7) is -0.780. The van der Waals surface area contributed by atoms with E-state index >= 15 is 4.39 Å². The van der Waals surface area contributed by atoms with Gasteiger partial charge in [-0.2, -0.15) is 5.10 Å². The van der Waals surface area contributed by atoms with Crippen LogP contribution < -0.4 is 11.1 Å². The van der Waals surface area contributed by atoms with E-state index in [9.17, 15) is 18.8 Å². The number of nitrogens with zero attached hydrogens (tertiary/aromatic N) is 6. The van der Waals surface area contributed by atoms with E-state index < -0.39 is 42.3 Å². The maximum absolute atomic E-state index is 15.5. The van der Waals surface area contributed by atoms with Crippen LogP contribution in [0.1, 0.15) is 28.3 Å². The van der Waals surface area contributed by atoms with Crippen molar-refractivity contribution in [2.75, 3.05) is 11.9 Å². The van der Waals surface area contributed by atoms with Crippen molar-refractivity contribution < 1.29 is 23.2 Å². The van der Waals surface area contributed by atoms with Gasteiger partial charge in [-0.25, -0.2) is 18.7 Å². The maximum atomic E-state index is 15.5. The first kappa shape index (κ1) is 30.3. The molecule has 46 heavy (non-hydrogen) atoms. The fourth-order valence-electron chi connectivity index (χ4n) is 5.19. The van der Waals surface area contributed by atoms with E-state index in [1.807, 2.05) is 0 Å². The van der Waals surface area contributed by atoms with E-state index in [2.05, 4.69) is 37.2 Å². The van der Waals surface area contributed by atoms with Gasteiger partial charge in [0, 0.05) is 41.5 Å². The molecule has 1 saturated heterocycles. The van der Waals surface area contributed by atoms with Gasteiger partial charge in [-0.3, -0.25) is 24.0 Å². The summed E-state index contributed by atoms with van der Waals surface area (Å²) in [4.78, 5) is 52.3. The number of carbonyl (C=O) groups excluding carboxylic acids is 3. The molecule has 14 heteroatoms. The van der Waals surface area contributed by atoms with Crippen LogP contribution in [0, 0.1) is 17.7 Å². The zero-order chi connectivity index (χ0) is 32.4. The monoisotopic (exact) mass is 640 g/mol. The molecule has 3 amide bonds. The van der Waals surface area contributed by atoms with Crippen LogP contribution in [0.4, 0.5) is 14.5 Å². The fourth-order valence-corrected chi connectivity index (χ4v) is 5.41. The van der Waals surface area contributed by atoms with Gasteiger partial charge in [-0.05, 0) is 54.5 Å². The first-order valence-corrected chi connectivity index (χ1v) is 14.3. The molecule has 1 aliphatic heterocycles. The average molecular weight is 641 g/mol. The molecule has 5 aromatic rings. The van der Waals surface area contributed by atoms with Gasteiger partial charge in [0.05, 0.1) is 28.5 Å². The Bertz CT molecular complexity index is 2060. The highest BCUT2D eigenvalue weighted by atomic mass is 35.5. The van der Waals surface area contributed by atoms with E-state index in [1.165, 1.54) is 29.1 Å². The summed E-state index contributed by atoms with van der Waals surface area (Å²) >= 11 is 6.18. The summed E-state index contributed by atoms with van der Waals surface area (Å²) in [7, 11) is 0. The number of primary amides is 1. The topological polar surface area (TPSA) is 149 Å². The van der Waals surface area contributed by atoms with Crippen molar-refractivity contribution in [1.82, 2.24) is 29.6 Å². The Balaban J connectivity index is 1.23. The third-order valence-corrected chi connectivity index (χ3v) is 7.60. The summed E-state index contributed by atoms with van der Waals surface area (Å²) < 4.78 is 31.4. The Morgan fingerprint density at radius 3 is 2.57 bits per heavy atom. The molecule has 0 spiro atoms. The number of anilines is 1. The Labute approximate surface area is 265 Å². The van der Waals surface area contributed by atoms with Crippen LogP contribution in [0.15, 0.2) is 73.2 Å². The summed E-state index contributed by atoms with van der Waals surface area (Å²) in [5, 5.41) is 7.28. The number of hydrogen-bond acceptors (Lipinski definition) is 7. The molecule has 0 bridgehead atoms. The van der Waals surface area contributed by atoms with Crippen molar-refractivity contribution in [3.63, 3.8) is 0 Å². The summed E-state index contributed by atoms with van der Waals surface area (Å²) in [6.07, 6.45) is 2.79. The molecular formula is C32H23ClF2N8O3. The summed E-state index contributed by atoms with van der Waals surface area (Å²) in [5.41, 5.74) is 6.46. The Hall–Kier alpha value is -5.74. The lowest BCUT2D eigenvalue weighted by molar-refractivity contribution is -0.137. The summed E-state index contributed by atoms with van der Waals surface area (Å²) in [5.74, 6) is 3.02. The van der Waals surface area contributed by atoms with Gasteiger partial charge in [0.15, 0.2) is 11.5 Å². The number of benzene rings is 2. The van der Waals surface area contributed by atoms with Crippen molar-refractivity contribution in [2.45, 2.75) is 25.2 Å². The molecule has 1 aliphatic rings. The predicted octanol–water partition coefficient (Wildman–Crippen LogP) is 3.76. The number of aromatic nitrogens is 5. The molecular weight excluding hydrogens is 618 g/mol. The van der Waals surface area contributed by atoms with Gasteiger partial charge in [0.25, 0.3) is 5.91 Å². The Kier molecular flexibility index (Phi) is 8.37. The third kappa shape index (κ3) is 6.11. The molecule has 0 unspecified atom stereocenters. The third-order valence-electron chi connectivity index (χ3n) is 7.30. The van der Waals surface area contributed by atoms with E-state index in [1.54, 1.807) is 48.8 Å². The molecule has 0 saturated carbocycles. The van der Waals surface area contributed by atoms with Crippen molar-refractivity contribution in [3.05, 3.63) is 101 Å². The number of likely N-dealkylation sites (tertiary alicyclic amines) is 1. The minimum Gasteiger partial charge on any atom is -0.364 e. The van der Waals surface area contributed by atoms with Crippen molar-refractivity contribution >= 4 is 45.9 Å². The highest BCUT2D eigenvalue weighted by Crippen LogP contribution is 2.32. The van der Waals surface area contributed by atoms with E-state index in [4.69, 9.17) is 17.3 Å². The van der Waals surface area contributed by atoms with Crippen molar-refractivity contribution in [3.8, 4) is 23.1 Å². The number of fused-ring (bicyclic) bond motifs is 1. The van der Waals surface area contributed by atoms with Gasteiger partial charge >= 0.3 is 0 Å². The van der Waals surface area contributed by atoms with Crippen LogP contribution >= 0.6 is 11.6 Å². The standard InChI is InChI=1S/C32H23ClF2N8O3/c33-22-5-2-11-39-29(22)20-4-1-6-23(28(20)35)40-32(46)25-15-19(34)16-42(25)27(44)17-43-24-9-7-18(8-10-26-37-12-3-13-38-26)14-21(24)30(41-43)31(36)45/h1-7,9,11-14,19,25H,15-17H2,(H2,36,45)(H,40,46)/t19-,25+/m1/s1. The number of amides is 3. The molecule has 2 aromatic carbocycles. The number of halogens is 3. The van der Waals surface area contributed by atoms with Crippen LogP contribution in [0.25, 0.3) is 22.2 Å². The molecule has 4 heterocycles. The molecule has 6 rings (SSSR count). The normalized spacial score (nSPS) is 15.8. The van der Waals surface area contributed by atoms with E-state index in [0.29, 0.717) is 22.3 Å². The molecule has 230 valence electrons. The second kappa shape index (κ2) is 12.7. The highest BCUT2D eigenvalue weighted by Gasteiger charge is 2.40. The minimum absolute atomic E-state index is 0.0597. The second-order valence-corrected chi connectivity index (χ2v) is 10.7. The van der Waals surface area contributed by atoms with Gasteiger partial charge in [-0.1, -0.05) is 23.6 Å². The number of hydrogen-bond donors (Lipinski definition) is 2. The first-order valence-electron chi connectivity index (χ1n) is 13.9. The number of nitrogens with one attached hydrogen (secondary N) is 1. The number of nitrogens with two attached hydrogens (primary N) is 1. The molecule has 3 N–H and O–H groups in total. The Morgan fingerprint density at radius 1 is 1.02 bits per heavy atom. The van der Waals surface area contributed by atoms with Crippen molar-refractivity contribution in [2.24, 2.45) is 5.73 Å². The van der Waals surface area contributed by atoms with Gasteiger partial charge in [0.2, 0.25) is 17.6 Å². The van der Waals surface area contributed by atoms with Crippen LogP contribution in [0.2, 0.25) is 5.02 Å². The molecule has 0 radical (unpaired) electrons. The lowest BCUT2D eigenvalue weighted by Crippen LogP contribution is -2.44. The molecule has 2 atom stereocenters. The highest BCUT2D eigenvalue weighted by molar-refractivity contribution is 6.33. The van der Waals surface area contributed by atoms with E-state index in [0.717, 1.165) is 4.90 Å². The second-order valence-electron chi connectivity index (χ2n) is 10.3. The van der Waals surface area contributed by atoms with Gasteiger partial charge in [0.1, 0.15) is 18.8 Å². The molecule has 1 fully saturated rings. The van der Waals surface area contributed by atoms with E-state index in [-0.39, 0.29) is 40.6 Å². The molecule has 3 aromatic heterocycles. The quantitative estimate of drug-likeness (QED) is 0.269. The van der Waals surface area contributed by atoms with Crippen LogP contribution in [-0.4, -0.2) is 66.1 Å². The van der Waals surface area contributed by atoms with Gasteiger partial charge in [-0.15, -0.1) is 0 Å². The molecule has 0 aliphatic carbocycles. The molecule has 11 nitrogen and oxygen atoms in total. The average Bonchev–Trinajstić information content (AvgIpc) is 3.62. The predicted molar refractivity (Wildman–Crippen MR) is 165 cm³/mol.